The van der Waals surface area contributed by atoms with Gasteiger partial charge in [-0.15, -0.1) is 32.0 Å². The van der Waals surface area contributed by atoms with E-state index in [-0.39, 0.29) is 135 Å². The van der Waals surface area contributed by atoms with Crippen molar-refractivity contribution >= 4 is 81.7 Å². The lowest BCUT2D eigenvalue weighted by Crippen LogP contribution is -2.48. The Morgan fingerprint density at radius 2 is 0.745 bits per heavy atom. The van der Waals surface area contributed by atoms with E-state index in [1.54, 1.807) is 0 Å². The highest BCUT2D eigenvalue weighted by atomic mass is 35.5. The second-order valence-electron chi connectivity index (χ2n) is 32.8. The van der Waals surface area contributed by atoms with Crippen LogP contribution >= 0.6 is 81.7 Å². The summed E-state index contributed by atoms with van der Waals surface area (Å²) in [6.45, 7) is 50.4. The van der Waals surface area contributed by atoms with Crippen LogP contribution in [0.5, 0.6) is 29.4 Å². The van der Waals surface area contributed by atoms with E-state index in [2.05, 4.69) is 56.3 Å². The summed E-state index contributed by atoms with van der Waals surface area (Å²) in [5.41, 5.74) is -2.35. The van der Waals surface area contributed by atoms with Crippen LogP contribution in [-0.2, 0) is 4.84 Å². The number of ether oxygens (including phenoxy) is 5. The van der Waals surface area contributed by atoms with Crippen molar-refractivity contribution in [3.63, 3.8) is 0 Å². The van der Waals surface area contributed by atoms with E-state index in [0.717, 1.165) is 66.2 Å². The SMILES string of the molecule is CC(C)(C)NCC(COc1nsnc1OCC1CC(C)(C)N(O)C1(C)C)O[N+](=O)[O-].CC(C)(C)NCC(O)CO.CC(C)(C)NCC(O)COc1nsnc1Cl.CC(C)(C)NCC(O)COc1nsnc1OCC1CC(C)(C)N(O)C1(C)C.CC1(C)CC(CO)C(C)(C)N1O.Clc1nsnc1Cl. The van der Waals surface area contributed by atoms with E-state index < -0.39 is 40.6 Å². The molecular weight excluding hydrogens is 1470 g/mol. The molecule has 7 atom stereocenters. The summed E-state index contributed by atoms with van der Waals surface area (Å²) < 4.78 is 59.4. The molecule has 39 heteroatoms. The van der Waals surface area contributed by atoms with E-state index in [4.69, 9.17) is 78.6 Å². The Morgan fingerprint density at radius 3 is 1.02 bits per heavy atom. The molecule has 3 saturated heterocycles. The molecule has 32 nitrogen and oxygen atoms in total. The molecule has 3 aliphatic rings. The molecule has 7 heterocycles. The van der Waals surface area contributed by atoms with Crippen LogP contribution in [0.3, 0.4) is 0 Å². The van der Waals surface area contributed by atoms with Gasteiger partial charge < -0.3 is 90.9 Å². The fraction of sp³-hybridized carbons (Fsp3) is 0.873. The summed E-state index contributed by atoms with van der Waals surface area (Å²) in [5, 5.41) is 104. The summed E-state index contributed by atoms with van der Waals surface area (Å²) in [6.07, 6.45) is -0.311. The zero-order valence-corrected chi connectivity index (χ0v) is 69.5. The number of rotatable bonds is 27. The van der Waals surface area contributed by atoms with Gasteiger partial charge in [-0.3, -0.25) is 0 Å². The average molecular weight is 1590 g/mol. The third kappa shape index (κ3) is 33.5. The van der Waals surface area contributed by atoms with E-state index in [0.29, 0.717) is 44.6 Å². The first-order chi connectivity index (χ1) is 46.5. The maximum absolute atomic E-state index is 10.8. The van der Waals surface area contributed by atoms with Gasteiger partial charge in [0.05, 0.1) is 72.8 Å². The zero-order valence-electron chi connectivity index (χ0n) is 63.9. The van der Waals surface area contributed by atoms with E-state index in [1.807, 2.05) is 166 Å². The van der Waals surface area contributed by atoms with E-state index in [9.17, 15) is 35.9 Å². The van der Waals surface area contributed by atoms with Crippen LogP contribution in [0.4, 0.5) is 0 Å². The zero-order chi connectivity index (χ0) is 78.4. The summed E-state index contributed by atoms with van der Waals surface area (Å²) in [6, 6.07) is 0. The molecule has 7 rings (SSSR count). The van der Waals surface area contributed by atoms with Crippen LogP contribution in [0.15, 0.2) is 0 Å². The summed E-state index contributed by atoms with van der Waals surface area (Å²) in [7, 11) is 0. The van der Waals surface area contributed by atoms with E-state index in [1.165, 1.54) is 15.2 Å². The molecule has 0 aromatic carbocycles. The molecule has 4 aromatic heterocycles. The van der Waals surface area contributed by atoms with Gasteiger partial charge in [0.2, 0.25) is 5.15 Å². The van der Waals surface area contributed by atoms with Gasteiger partial charge in [0, 0.05) is 106 Å². The molecule has 0 amide bonds. The summed E-state index contributed by atoms with van der Waals surface area (Å²) in [4.78, 5) is 15.5. The first kappa shape index (κ1) is 94.8. The lowest BCUT2D eigenvalue weighted by atomic mass is 9.88. The van der Waals surface area contributed by atoms with Crippen molar-refractivity contribution in [1.82, 2.24) is 71.4 Å². The van der Waals surface area contributed by atoms with Gasteiger partial charge in [0.1, 0.15) is 32.0 Å². The van der Waals surface area contributed by atoms with Crippen LogP contribution in [0, 0.1) is 27.9 Å². The first-order valence-electron chi connectivity index (χ1n) is 33.5. The van der Waals surface area contributed by atoms with Crippen LogP contribution in [0.25, 0.3) is 0 Å². The summed E-state index contributed by atoms with van der Waals surface area (Å²) in [5.74, 6) is 1.67. The molecule has 3 aliphatic heterocycles. The molecule has 4 aromatic rings. The van der Waals surface area contributed by atoms with Gasteiger partial charge >= 0.3 is 0 Å². The normalized spacial score (nSPS) is 21.0. The number of halogens is 3. The Balaban J connectivity index is 0.000000445. The molecule has 0 bridgehead atoms. The minimum Gasteiger partial charge on any atom is -0.473 e. The van der Waals surface area contributed by atoms with Gasteiger partial charge in [-0.2, -0.15) is 28.3 Å². The predicted molar refractivity (Wildman–Crippen MR) is 397 cm³/mol. The van der Waals surface area contributed by atoms with Gasteiger partial charge in [0.15, 0.2) is 16.4 Å². The maximum Gasteiger partial charge on any atom is 0.294 e. The highest BCUT2D eigenvalue weighted by molar-refractivity contribution is 7.00. The standard InChI is InChI=1S/C18H33N5O6S.C18H34N4O4S.C9H16ClN3O2S.C9H19NO2.C7H17NO2.C2Cl2N2S/c1-16(2,3)19-9-13(29-23(25)26)11-28-15-14(20-30-21-15)27-10-12-8-17(4,5)22(24)18(12,6)7;1-16(2,3)19-9-13(23)11-26-15-14(20-27-21-15)25-10-12-8-17(4,5)22(24)18(12,6)7;1-9(2,3)11-4-6(14)5-15-8-7(10)12-16-13-8;1-8(2)5-7(6-11)9(3,4)10(8)12;1-7(2,3)8-4-6(10)5-9;3-1-2(4)6-7-5-1/h12-13,19,24H,8-11H2,1-7H3;12-13,19,23-24H,8-11H2,1-7H3;6,11,14H,4-5H2,1-3H3;7,11-12H,5-6H2,1-4H3;6,8-10H,4-5H2,1-3H3;. The Hall–Kier alpha value is -3.29. The monoisotopic (exact) mass is 1590 g/mol. The van der Waals surface area contributed by atoms with Crippen LogP contribution in [-0.4, -0.2) is 249 Å². The van der Waals surface area contributed by atoms with Crippen LogP contribution < -0.4 is 45.0 Å². The lowest BCUT2D eigenvalue weighted by Gasteiger charge is -2.35. The van der Waals surface area contributed by atoms with Crippen molar-refractivity contribution in [2.45, 2.75) is 265 Å². The van der Waals surface area contributed by atoms with Crippen molar-refractivity contribution in [3.8, 4) is 29.4 Å². The quantitative estimate of drug-likeness (QED) is 0.0196. The smallest absolute Gasteiger partial charge is 0.294 e. The topological polar surface area (TPSA) is 421 Å². The largest absolute Gasteiger partial charge is 0.473 e. The van der Waals surface area contributed by atoms with Gasteiger partial charge in [-0.25, -0.2) is 0 Å². The highest BCUT2D eigenvalue weighted by Crippen LogP contribution is 2.46. The lowest BCUT2D eigenvalue weighted by molar-refractivity contribution is -0.768. The Morgan fingerprint density at radius 1 is 0.461 bits per heavy atom. The Bertz CT molecular complexity index is 3020. The van der Waals surface area contributed by atoms with Crippen molar-refractivity contribution < 1.29 is 74.8 Å². The van der Waals surface area contributed by atoms with Gasteiger partial charge in [0.25, 0.3) is 34.5 Å². The Kier molecular flexibility index (Phi) is 37.9. The third-order valence-electron chi connectivity index (χ3n) is 16.5. The van der Waals surface area contributed by atoms with Crippen molar-refractivity contribution in [2.75, 3.05) is 72.4 Å². The van der Waals surface area contributed by atoms with E-state index >= 15 is 0 Å². The maximum atomic E-state index is 10.8. The molecule has 102 heavy (non-hydrogen) atoms. The number of aliphatic hydroxyl groups excluding tert-OH is 5. The minimum absolute atomic E-state index is 0.0101. The number of aromatic nitrogens is 8. The van der Waals surface area contributed by atoms with Crippen molar-refractivity contribution in [1.29, 1.82) is 0 Å². The average Bonchev–Trinajstić information content (AvgIpc) is 1.63. The molecule has 0 aliphatic carbocycles. The second kappa shape index (κ2) is 40.8. The highest BCUT2D eigenvalue weighted by Gasteiger charge is 2.53. The predicted octanol–water partition coefficient (Wildman–Crippen LogP) is 8.98. The molecule has 12 N–H and O–H groups in total. The minimum atomic E-state index is -0.834. The molecular formula is C63H119Cl3N16O16S4. The number of hydroxylamine groups is 6. The van der Waals surface area contributed by atoms with Crippen LogP contribution in [0.2, 0.25) is 15.5 Å². The molecule has 592 valence electrons. The second-order valence-corrected chi connectivity index (χ2v) is 36.0. The van der Waals surface area contributed by atoms with Crippen molar-refractivity contribution in [2.24, 2.45) is 17.8 Å². The number of nitrogens with one attached hydrogen (secondary N) is 4. The fourth-order valence-corrected chi connectivity index (χ4v) is 12.9. The molecule has 3 fully saturated rings. The Labute approximate surface area is 634 Å². The molecule has 0 spiro atoms. The van der Waals surface area contributed by atoms with Gasteiger partial charge in [-0.05, 0) is 185 Å². The van der Waals surface area contributed by atoms with Gasteiger partial charge in [-0.1, -0.05) is 34.8 Å². The van der Waals surface area contributed by atoms with Crippen molar-refractivity contribution in [3.05, 3.63) is 25.6 Å². The molecule has 0 saturated carbocycles. The first-order valence-corrected chi connectivity index (χ1v) is 37.5. The molecule has 7 unspecified atom stereocenters. The fourth-order valence-electron chi connectivity index (χ4n) is 10.6. The third-order valence-corrected chi connectivity index (χ3v) is 19.7. The molecule has 0 radical (unpaired) electrons. The number of hydrogen-bond acceptors (Lipinski definition) is 35. The summed E-state index contributed by atoms with van der Waals surface area (Å²) >= 11 is 20.3. The van der Waals surface area contributed by atoms with Crippen LogP contribution in [0.1, 0.15) is 185 Å². The number of nitrogens with zero attached hydrogens (tertiary/aromatic N) is 12. The number of hydrogen-bond donors (Lipinski definition) is 12. The number of β-amino-alcohol motifs (C(OH)–C–C–N with tert-alkyl or cyclic N) is 3. The number of aliphatic hydroxyl groups is 5.